The van der Waals surface area contributed by atoms with E-state index in [9.17, 15) is 10.2 Å². The van der Waals surface area contributed by atoms with Crippen LogP contribution < -0.4 is 14.2 Å². The standard InChI is InChI=1S/C18H27NO5/c1-3-5-18(11-20)10-19(6-4-17(18)21)9-13-7-15-16(24-12-23-15)8-14(13)22-2/h7-8,17,20-21H,3-6,9-12H2,1-2H3/t17-,18-/m0/s1. The van der Waals surface area contributed by atoms with Gasteiger partial charge in [-0.1, -0.05) is 13.3 Å². The van der Waals surface area contributed by atoms with Crippen LogP contribution in [0.1, 0.15) is 31.7 Å². The van der Waals surface area contributed by atoms with E-state index in [-0.39, 0.29) is 13.4 Å². The summed E-state index contributed by atoms with van der Waals surface area (Å²) in [4.78, 5) is 2.28. The van der Waals surface area contributed by atoms with E-state index >= 15 is 0 Å². The number of piperidine rings is 1. The molecule has 0 radical (unpaired) electrons. The van der Waals surface area contributed by atoms with Crippen molar-refractivity contribution in [1.82, 2.24) is 4.90 Å². The molecule has 1 aromatic carbocycles. The molecule has 1 aromatic rings. The zero-order chi connectivity index (χ0) is 17.2. The highest BCUT2D eigenvalue weighted by atomic mass is 16.7. The van der Waals surface area contributed by atoms with Crippen LogP contribution in [-0.4, -0.2) is 54.8 Å². The van der Waals surface area contributed by atoms with Crippen molar-refractivity contribution in [3.05, 3.63) is 17.7 Å². The largest absolute Gasteiger partial charge is 0.496 e. The second-order valence-electron chi connectivity index (χ2n) is 6.80. The van der Waals surface area contributed by atoms with Gasteiger partial charge in [0.25, 0.3) is 0 Å². The van der Waals surface area contributed by atoms with Gasteiger partial charge in [0.15, 0.2) is 11.5 Å². The Bertz CT molecular complexity index is 579. The third kappa shape index (κ3) is 3.18. The summed E-state index contributed by atoms with van der Waals surface area (Å²) in [6.45, 7) is 4.50. The van der Waals surface area contributed by atoms with Crippen LogP contribution in [0.3, 0.4) is 0 Å². The lowest BCUT2D eigenvalue weighted by Crippen LogP contribution is -2.53. The van der Waals surface area contributed by atoms with E-state index < -0.39 is 11.5 Å². The molecule has 2 aliphatic rings. The molecule has 0 spiro atoms. The lowest BCUT2D eigenvalue weighted by atomic mass is 9.74. The maximum absolute atomic E-state index is 10.4. The van der Waals surface area contributed by atoms with Gasteiger partial charge in [0.05, 0.1) is 19.8 Å². The highest BCUT2D eigenvalue weighted by molar-refractivity contribution is 5.51. The Hall–Kier alpha value is -1.50. The van der Waals surface area contributed by atoms with Crippen molar-refractivity contribution in [2.24, 2.45) is 5.41 Å². The van der Waals surface area contributed by atoms with Gasteiger partial charge < -0.3 is 24.4 Å². The number of nitrogens with zero attached hydrogens (tertiary/aromatic N) is 1. The van der Waals surface area contributed by atoms with E-state index in [0.29, 0.717) is 25.3 Å². The summed E-state index contributed by atoms with van der Waals surface area (Å²) in [5, 5.41) is 20.3. The lowest BCUT2D eigenvalue weighted by molar-refractivity contribution is -0.0820. The first kappa shape index (κ1) is 17.3. The first-order chi connectivity index (χ1) is 11.6. The normalized spacial score (nSPS) is 26.6. The van der Waals surface area contributed by atoms with Crippen molar-refractivity contribution < 1.29 is 24.4 Å². The number of hydrogen-bond acceptors (Lipinski definition) is 6. The van der Waals surface area contributed by atoms with E-state index in [1.165, 1.54) is 0 Å². The number of benzene rings is 1. The van der Waals surface area contributed by atoms with Crippen LogP contribution in [0.25, 0.3) is 0 Å². The number of aliphatic hydroxyl groups excluding tert-OH is 2. The lowest BCUT2D eigenvalue weighted by Gasteiger charge is -2.45. The molecule has 134 valence electrons. The summed E-state index contributed by atoms with van der Waals surface area (Å²) >= 11 is 0. The molecule has 3 rings (SSSR count). The maximum Gasteiger partial charge on any atom is 0.231 e. The van der Waals surface area contributed by atoms with Crippen molar-refractivity contribution in [2.45, 2.75) is 38.8 Å². The minimum absolute atomic E-state index is 0.0107. The Morgan fingerprint density at radius 2 is 2.08 bits per heavy atom. The minimum atomic E-state index is -0.447. The van der Waals surface area contributed by atoms with Crippen molar-refractivity contribution in [3.8, 4) is 17.2 Å². The SMILES string of the molecule is CCC[C@@]1(CO)CN(Cc2cc3c(cc2OC)OCO3)CC[C@@H]1O. The molecule has 6 nitrogen and oxygen atoms in total. The monoisotopic (exact) mass is 337 g/mol. The molecule has 1 fully saturated rings. The van der Waals surface area contributed by atoms with E-state index in [0.717, 1.165) is 36.4 Å². The van der Waals surface area contributed by atoms with Crippen molar-refractivity contribution in [1.29, 1.82) is 0 Å². The van der Waals surface area contributed by atoms with Crippen LogP contribution >= 0.6 is 0 Å². The Balaban J connectivity index is 1.78. The molecule has 2 heterocycles. The summed E-state index contributed by atoms with van der Waals surface area (Å²) in [5.74, 6) is 2.22. The molecule has 1 saturated heterocycles. The zero-order valence-electron chi connectivity index (χ0n) is 14.5. The summed E-state index contributed by atoms with van der Waals surface area (Å²) in [5.41, 5.74) is 0.595. The molecule has 0 amide bonds. The number of rotatable bonds is 6. The second-order valence-corrected chi connectivity index (χ2v) is 6.80. The average Bonchev–Trinajstić information content (AvgIpc) is 3.04. The number of ether oxygens (including phenoxy) is 3. The Labute approximate surface area is 142 Å². The number of aliphatic hydroxyl groups is 2. The molecule has 2 atom stereocenters. The fourth-order valence-corrected chi connectivity index (χ4v) is 3.87. The van der Waals surface area contributed by atoms with Crippen LogP contribution in [0.15, 0.2) is 12.1 Å². The minimum Gasteiger partial charge on any atom is -0.496 e. The van der Waals surface area contributed by atoms with Crippen LogP contribution in [0.5, 0.6) is 17.2 Å². The predicted molar refractivity (Wildman–Crippen MR) is 89.4 cm³/mol. The fraction of sp³-hybridized carbons (Fsp3) is 0.667. The summed E-state index contributed by atoms with van der Waals surface area (Å²) in [7, 11) is 1.65. The number of methoxy groups -OCH3 is 1. The Morgan fingerprint density at radius 3 is 2.75 bits per heavy atom. The fourth-order valence-electron chi connectivity index (χ4n) is 3.87. The highest BCUT2D eigenvalue weighted by Crippen LogP contribution is 2.40. The van der Waals surface area contributed by atoms with E-state index in [2.05, 4.69) is 11.8 Å². The third-order valence-electron chi connectivity index (χ3n) is 5.20. The molecule has 0 unspecified atom stereocenters. The van der Waals surface area contributed by atoms with Gasteiger partial charge >= 0.3 is 0 Å². The van der Waals surface area contributed by atoms with Gasteiger partial charge in [-0.3, -0.25) is 4.90 Å². The molecule has 0 saturated carbocycles. The van der Waals surface area contributed by atoms with Gasteiger partial charge in [-0.05, 0) is 18.9 Å². The third-order valence-corrected chi connectivity index (χ3v) is 5.20. The van der Waals surface area contributed by atoms with Crippen molar-refractivity contribution >= 4 is 0 Å². The molecule has 0 aliphatic carbocycles. The van der Waals surface area contributed by atoms with Crippen molar-refractivity contribution in [2.75, 3.05) is 33.6 Å². The Morgan fingerprint density at radius 1 is 1.33 bits per heavy atom. The summed E-state index contributed by atoms with van der Waals surface area (Å²) in [6.07, 6.45) is 1.99. The van der Waals surface area contributed by atoms with Crippen LogP contribution in [0, 0.1) is 5.41 Å². The molecule has 0 aromatic heterocycles. The van der Waals surface area contributed by atoms with E-state index in [4.69, 9.17) is 14.2 Å². The van der Waals surface area contributed by atoms with Gasteiger partial charge in [0.1, 0.15) is 5.75 Å². The molecule has 2 aliphatic heterocycles. The summed E-state index contributed by atoms with van der Waals surface area (Å²) in [6, 6.07) is 3.83. The van der Waals surface area contributed by atoms with Gasteiger partial charge in [0.2, 0.25) is 6.79 Å². The quantitative estimate of drug-likeness (QED) is 0.824. The van der Waals surface area contributed by atoms with Crippen LogP contribution in [0.2, 0.25) is 0 Å². The average molecular weight is 337 g/mol. The molecular weight excluding hydrogens is 310 g/mol. The highest BCUT2D eigenvalue weighted by Gasteiger charge is 2.41. The van der Waals surface area contributed by atoms with E-state index in [1.54, 1.807) is 7.11 Å². The smallest absolute Gasteiger partial charge is 0.231 e. The molecule has 2 N–H and O–H groups in total. The zero-order valence-corrected chi connectivity index (χ0v) is 14.5. The van der Waals surface area contributed by atoms with Gasteiger partial charge in [-0.15, -0.1) is 0 Å². The Kier molecular flexibility index (Phi) is 5.18. The number of fused-ring (bicyclic) bond motifs is 1. The number of hydrogen-bond donors (Lipinski definition) is 2. The first-order valence-electron chi connectivity index (χ1n) is 8.59. The molecule has 0 bridgehead atoms. The topological polar surface area (TPSA) is 71.4 Å². The maximum atomic E-state index is 10.4. The first-order valence-corrected chi connectivity index (χ1v) is 8.59. The van der Waals surface area contributed by atoms with E-state index in [1.807, 2.05) is 12.1 Å². The molecular formula is C18H27NO5. The second kappa shape index (κ2) is 7.17. The van der Waals surface area contributed by atoms with Crippen LogP contribution in [-0.2, 0) is 6.54 Å². The molecule has 24 heavy (non-hydrogen) atoms. The molecule has 6 heteroatoms. The van der Waals surface area contributed by atoms with Crippen LogP contribution in [0.4, 0.5) is 0 Å². The predicted octanol–water partition coefficient (Wildman–Crippen LogP) is 1.77. The van der Waals surface area contributed by atoms with Crippen molar-refractivity contribution in [3.63, 3.8) is 0 Å². The van der Waals surface area contributed by atoms with Gasteiger partial charge in [-0.25, -0.2) is 0 Å². The number of likely N-dealkylation sites (tertiary alicyclic amines) is 1. The summed E-state index contributed by atoms with van der Waals surface area (Å²) < 4.78 is 16.4. The van der Waals surface area contributed by atoms with Gasteiger partial charge in [0, 0.05) is 36.7 Å². The van der Waals surface area contributed by atoms with Gasteiger partial charge in [-0.2, -0.15) is 0 Å².